The molecule has 4 aromatic rings. The van der Waals surface area contributed by atoms with E-state index in [1.54, 1.807) is 19.3 Å². The average Bonchev–Trinajstić information content (AvgIpc) is 3.73. The van der Waals surface area contributed by atoms with Crippen molar-refractivity contribution < 1.29 is 9.21 Å². The van der Waals surface area contributed by atoms with Gasteiger partial charge in [0, 0.05) is 52.6 Å². The molecule has 7 nitrogen and oxygen atoms in total. The van der Waals surface area contributed by atoms with Crippen LogP contribution < -0.4 is 21.2 Å². The molecule has 194 valence electrons. The Balaban J connectivity index is 1.53. The number of nitrogens with two attached hydrogens (primary N) is 1. The van der Waals surface area contributed by atoms with E-state index < -0.39 is 0 Å². The number of benzene rings is 3. The molecule has 0 aliphatic heterocycles. The van der Waals surface area contributed by atoms with E-state index in [0.717, 1.165) is 35.1 Å². The number of para-hydroxylation sites is 1. The van der Waals surface area contributed by atoms with Crippen LogP contribution in [-0.2, 0) is 0 Å². The Morgan fingerprint density at radius 1 is 1.16 bits per heavy atom. The molecule has 1 fully saturated rings. The molecule has 0 spiro atoms. The van der Waals surface area contributed by atoms with E-state index in [4.69, 9.17) is 10.2 Å². The molecule has 1 unspecified atom stereocenters. The van der Waals surface area contributed by atoms with Crippen molar-refractivity contribution in [2.75, 3.05) is 18.1 Å². The van der Waals surface area contributed by atoms with Gasteiger partial charge >= 0.3 is 0 Å². The van der Waals surface area contributed by atoms with Crippen molar-refractivity contribution in [3.8, 4) is 11.3 Å². The van der Waals surface area contributed by atoms with Crippen LogP contribution in [0.15, 0.2) is 74.9 Å². The molecule has 0 bridgehead atoms. The van der Waals surface area contributed by atoms with E-state index in [1.807, 2.05) is 62.4 Å². The maximum Gasteiger partial charge on any atom is 0.263 e. The van der Waals surface area contributed by atoms with Gasteiger partial charge in [-0.25, -0.2) is 0 Å². The third kappa shape index (κ3) is 5.45. The topological polar surface area (TPSA) is 110 Å². The number of hydrogen-bond donors (Lipinski definition) is 3. The Bertz CT molecular complexity index is 1610. The summed E-state index contributed by atoms with van der Waals surface area (Å²) in [5, 5.41) is 4.50. The van der Waals surface area contributed by atoms with E-state index in [1.165, 1.54) is 18.0 Å². The lowest BCUT2D eigenvalue weighted by atomic mass is 10.00. The van der Waals surface area contributed by atoms with Crippen LogP contribution in [0.5, 0.6) is 0 Å². The zero-order chi connectivity index (χ0) is 26.8. The second-order valence-electron chi connectivity index (χ2n) is 9.60. The minimum atomic E-state index is -0.255. The Kier molecular flexibility index (Phi) is 7.24. The number of hydrogen-bond acceptors (Lipinski definition) is 7. The van der Waals surface area contributed by atoms with Crippen molar-refractivity contribution in [2.24, 2.45) is 4.99 Å². The fourth-order valence-electron chi connectivity index (χ4n) is 4.37. The highest BCUT2D eigenvalue weighted by atomic mass is 32.2. The number of nitrogens with zero attached hydrogens (tertiary/aromatic N) is 1. The number of rotatable bonds is 8. The van der Waals surface area contributed by atoms with Crippen LogP contribution in [0, 0.1) is 6.92 Å². The number of carbonyl (C=O) groups excluding carboxylic acids is 1. The minimum Gasteiger partial charge on any atom is -0.455 e. The second-order valence-corrected chi connectivity index (χ2v) is 10.7. The molecule has 1 aliphatic carbocycles. The molecule has 1 saturated carbocycles. The third-order valence-corrected chi connectivity index (χ3v) is 7.60. The monoisotopic (exact) mass is 526 g/mol. The summed E-state index contributed by atoms with van der Waals surface area (Å²) in [6, 6.07) is 18.0. The Hall–Kier alpha value is -4.04. The molecule has 38 heavy (non-hydrogen) atoms. The van der Waals surface area contributed by atoms with Crippen molar-refractivity contribution in [1.29, 1.82) is 0 Å². The molecular formula is C30H30N4O3S. The van der Waals surface area contributed by atoms with E-state index in [0.29, 0.717) is 38.9 Å². The number of nitrogen functional groups attached to an aromatic ring is 1. The number of nitrogens with one attached hydrogen (secondary N) is 2. The molecule has 0 saturated heterocycles. The summed E-state index contributed by atoms with van der Waals surface area (Å²) in [4.78, 5) is 30.2. The number of amides is 1. The van der Waals surface area contributed by atoms with Crippen molar-refractivity contribution in [3.05, 3.63) is 93.1 Å². The lowest BCUT2D eigenvalue weighted by molar-refractivity contribution is 0.0985. The number of fused-ring (bicyclic) bond motifs is 1. The van der Waals surface area contributed by atoms with Gasteiger partial charge in [0.2, 0.25) is 0 Å². The number of carbonyl (C=O) groups is 1. The first-order valence-corrected chi connectivity index (χ1v) is 13.4. The summed E-state index contributed by atoms with van der Waals surface area (Å²) < 4.78 is 9.35. The van der Waals surface area contributed by atoms with Gasteiger partial charge in [-0.2, -0.15) is 0 Å². The molecule has 4 N–H and O–H groups in total. The lowest BCUT2D eigenvalue weighted by Crippen LogP contribution is -2.19. The van der Waals surface area contributed by atoms with Crippen LogP contribution in [0.3, 0.4) is 0 Å². The summed E-state index contributed by atoms with van der Waals surface area (Å²) in [6.07, 6.45) is 3.95. The zero-order valence-corrected chi connectivity index (χ0v) is 22.4. The number of anilines is 2. The Morgan fingerprint density at radius 2 is 1.95 bits per heavy atom. The van der Waals surface area contributed by atoms with E-state index in [2.05, 4.69) is 15.0 Å². The van der Waals surface area contributed by atoms with Crippen LogP contribution in [0.25, 0.3) is 22.3 Å². The Morgan fingerprint density at radius 3 is 2.71 bits per heavy atom. The molecule has 8 heteroatoms. The maximum absolute atomic E-state index is 13.2. The van der Waals surface area contributed by atoms with Gasteiger partial charge in [-0.05, 0) is 80.6 Å². The van der Waals surface area contributed by atoms with Crippen molar-refractivity contribution >= 4 is 46.4 Å². The number of aryl methyl sites for hydroxylation is 1. The first kappa shape index (κ1) is 25.6. The smallest absolute Gasteiger partial charge is 0.263 e. The van der Waals surface area contributed by atoms with Gasteiger partial charge in [0.15, 0.2) is 5.43 Å². The fraction of sp³-hybridized carbons (Fsp3) is 0.233. The largest absolute Gasteiger partial charge is 0.455 e. The predicted molar refractivity (Wildman–Crippen MR) is 157 cm³/mol. The SMILES string of the molecule is CN=Cc1cc(-c2cc(=O)c3cc(C)cc(C(C)Nc4ccccc4C(=O)NSC4CC4)c3o2)ccc1N. The van der Waals surface area contributed by atoms with Gasteiger partial charge in [0.1, 0.15) is 11.3 Å². The molecule has 1 heterocycles. The van der Waals surface area contributed by atoms with Gasteiger partial charge in [0.05, 0.1) is 17.0 Å². The summed E-state index contributed by atoms with van der Waals surface area (Å²) in [5.41, 5.74) is 11.6. The number of aliphatic imine (C=N–C) groups is 1. The van der Waals surface area contributed by atoms with Gasteiger partial charge in [-0.3, -0.25) is 19.3 Å². The molecule has 1 aromatic heterocycles. The van der Waals surface area contributed by atoms with Gasteiger partial charge in [0.25, 0.3) is 5.91 Å². The fourth-order valence-corrected chi connectivity index (χ4v) is 5.13. The van der Waals surface area contributed by atoms with Crippen molar-refractivity contribution in [3.63, 3.8) is 0 Å². The van der Waals surface area contributed by atoms with E-state index in [9.17, 15) is 9.59 Å². The molecule has 1 amide bonds. The van der Waals surface area contributed by atoms with E-state index >= 15 is 0 Å². The first-order valence-electron chi connectivity index (χ1n) is 12.6. The summed E-state index contributed by atoms with van der Waals surface area (Å²) in [7, 11) is 1.68. The predicted octanol–water partition coefficient (Wildman–Crippen LogP) is 6.11. The zero-order valence-electron chi connectivity index (χ0n) is 21.6. The maximum atomic E-state index is 13.2. The highest BCUT2D eigenvalue weighted by Gasteiger charge is 2.24. The van der Waals surface area contributed by atoms with Crippen LogP contribution in [0.1, 0.15) is 52.9 Å². The molecule has 0 radical (unpaired) electrons. The van der Waals surface area contributed by atoms with E-state index in [-0.39, 0.29) is 17.4 Å². The van der Waals surface area contributed by atoms with Crippen molar-refractivity contribution in [1.82, 2.24) is 4.72 Å². The second kappa shape index (κ2) is 10.8. The Labute approximate surface area is 225 Å². The van der Waals surface area contributed by atoms with Crippen LogP contribution in [0.2, 0.25) is 0 Å². The van der Waals surface area contributed by atoms with Crippen molar-refractivity contribution in [2.45, 2.75) is 38.0 Å². The molecule has 1 atom stereocenters. The quantitative estimate of drug-likeness (QED) is 0.145. The lowest BCUT2D eigenvalue weighted by Gasteiger charge is -2.20. The first-order chi connectivity index (χ1) is 18.3. The average molecular weight is 527 g/mol. The van der Waals surface area contributed by atoms with Gasteiger partial charge < -0.3 is 15.5 Å². The molecule has 1 aliphatic rings. The van der Waals surface area contributed by atoms with Crippen LogP contribution >= 0.6 is 11.9 Å². The standard InChI is InChI=1S/C30H30N4O3S/c1-17-12-23(18(2)33-26-7-5-4-6-22(26)30(36)34-38-21-9-10-21)29-24(13-17)27(35)15-28(37-29)19-8-11-25(31)20(14-19)16-32-3/h4-8,11-16,18,21,33H,9-10,31H2,1-3H3,(H,34,36). The van der Waals surface area contributed by atoms with Crippen LogP contribution in [0.4, 0.5) is 11.4 Å². The van der Waals surface area contributed by atoms with Gasteiger partial charge in [-0.1, -0.05) is 18.2 Å². The highest BCUT2D eigenvalue weighted by Crippen LogP contribution is 2.34. The summed E-state index contributed by atoms with van der Waals surface area (Å²) in [6.45, 7) is 3.95. The van der Waals surface area contributed by atoms with Gasteiger partial charge in [-0.15, -0.1) is 0 Å². The molecular weight excluding hydrogens is 496 g/mol. The third-order valence-electron chi connectivity index (χ3n) is 6.49. The summed E-state index contributed by atoms with van der Waals surface area (Å²) in [5.74, 6) is 0.317. The highest BCUT2D eigenvalue weighted by molar-refractivity contribution is 7.98. The molecule has 3 aromatic carbocycles. The normalized spacial score (nSPS) is 14.1. The molecule has 5 rings (SSSR count). The summed E-state index contributed by atoms with van der Waals surface area (Å²) >= 11 is 1.49. The minimum absolute atomic E-state index is 0.127. The van der Waals surface area contributed by atoms with Crippen LogP contribution in [-0.4, -0.2) is 24.4 Å².